The number of hydrogen-bond acceptors (Lipinski definition) is 9. The van der Waals surface area contributed by atoms with E-state index in [1.54, 1.807) is 9.58 Å². The Hall–Kier alpha value is -1.97. The molecule has 0 aromatic carbocycles. The van der Waals surface area contributed by atoms with Crippen LogP contribution in [-0.4, -0.2) is 49.3 Å². The Labute approximate surface area is 113 Å². The summed E-state index contributed by atoms with van der Waals surface area (Å²) in [6.45, 7) is 0. The predicted molar refractivity (Wildman–Crippen MR) is 68.8 cm³/mol. The predicted octanol–water partition coefficient (Wildman–Crippen LogP) is -0.00760. The molecule has 2 heterocycles. The zero-order valence-corrected chi connectivity index (χ0v) is 11.4. The van der Waals surface area contributed by atoms with Crippen molar-refractivity contribution in [2.24, 2.45) is 0 Å². The van der Waals surface area contributed by atoms with Gasteiger partial charge in [-0.05, 0) is 35.0 Å². The van der Waals surface area contributed by atoms with Gasteiger partial charge in [-0.2, -0.15) is 15.0 Å². The van der Waals surface area contributed by atoms with Gasteiger partial charge in [0.1, 0.15) is 0 Å². The second-order valence-electron chi connectivity index (χ2n) is 4.41. The van der Waals surface area contributed by atoms with Crippen LogP contribution in [0.5, 0.6) is 0 Å². The first-order chi connectivity index (χ1) is 9.13. The first-order valence-electron chi connectivity index (χ1n) is 5.78. The molecule has 2 aromatic heterocycles. The molecular weight excluding hydrogens is 266 g/mol. The summed E-state index contributed by atoms with van der Waals surface area (Å²) in [5.74, 6) is 0.701. The Bertz CT molecular complexity index is 591. The maximum atomic E-state index is 5.68. The fraction of sp³-hybridized carbons (Fsp3) is 0.556. The van der Waals surface area contributed by atoms with Gasteiger partial charge in [0.15, 0.2) is 0 Å². The molecule has 1 saturated carbocycles. The average molecular weight is 279 g/mol. The van der Waals surface area contributed by atoms with Gasteiger partial charge in [-0.15, -0.1) is 5.10 Å². The Morgan fingerprint density at radius 1 is 1.26 bits per heavy atom. The van der Waals surface area contributed by atoms with Crippen LogP contribution in [0, 0.1) is 0 Å². The largest absolute Gasteiger partial charge is 0.368 e. The number of nitrogen functional groups attached to an aromatic ring is 1. The minimum absolute atomic E-state index is 0.187. The summed E-state index contributed by atoms with van der Waals surface area (Å²) < 4.78 is 1.81. The highest BCUT2D eigenvalue weighted by Crippen LogP contribution is 2.37. The Morgan fingerprint density at radius 2 is 2.05 bits per heavy atom. The molecule has 0 amide bonds. The van der Waals surface area contributed by atoms with Gasteiger partial charge in [0.05, 0.1) is 6.04 Å². The molecule has 10 heteroatoms. The van der Waals surface area contributed by atoms with Crippen LogP contribution in [-0.2, 0) is 0 Å². The van der Waals surface area contributed by atoms with Crippen LogP contribution in [0.25, 0.3) is 0 Å². The minimum Gasteiger partial charge on any atom is -0.368 e. The van der Waals surface area contributed by atoms with Crippen molar-refractivity contribution in [2.75, 3.05) is 24.7 Å². The van der Waals surface area contributed by atoms with Crippen molar-refractivity contribution >= 4 is 23.7 Å². The quantitative estimate of drug-likeness (QED) is 0.825. The summed E-state index contributed by atoms with van der Waals surface area (Å²) in [5, 5.41) is 12.8. The Morgan fingerprint density at radius 3 is 2.74 bits per heavy atom. The van der Waals surface area contributed by atoms with Gasteiger partial charge >= 0.3 is 0 Å². The van der Waals surface area contributed by atoms with E-state index in [0.29, 0.717) is 22.3 Å². The highest BCUT2D eigenvalue weighted by atomic mass is 32.2. The third kappa shape index (κ3) is 2.57. The lowest BCUT2D eigenvalue weighted by Gasteiger charge is -2.10. The molecule has 0 aliphatic heterocycles. The molecule has 0 radical (unpaired) electrons. The van der Waals surface area contributed by atoms with E-state index >= 15 is 0 Å². The zero-order chi connectivity index (χ0) is 13.4. The van der Waals surface area contributed by atoms with Gasteiger partial charge in [0.2, 0.25) is 22.2 Å². The van der Waals surface area contributed by atoms with Crippen LogP contribution in [0.15, 0.2) is 10.3 Å². The summed E-state index contributed by atoms with van der Waals surface area (Å²) in [4.78, 5) is 14.2. The molecular formula is C9H13N9S. The van der Waals surface area contributed by atoms with E-state index in [4.69, 9.17) is 5.73 Å². The van der Waals surface area contributed by atoms with E-state index < -0.39 is 0 Å². The maximum Gasteiger partial charge on any atom is 0.230 e. The van der Waals surface area contributed by atoms with Crippen molar-refractivity contribution in [3.05, 3.63) is 0 Å². The molecule has 19 heavy (non-hydrogen) atoms. The number of rotatable bonds is 4. The van der Waals surface area contributed by atoms with Crippen molar-refractivity contribution in [1.29, 1.82) is 0 Å². The Kier molecular flexibility index (Phi) is 2.93. The first kappa shape index (κ1) is 12.1. The summed E-state index contributed by atoms with van der Waals surface area (Å²) in [6, 6.07) is 0.407. The summed E-state index contributed by atoms with van der Waals surface area (Å²) >= 11 is 1.29. The van der Waals surface area contributed by atoms with Crippen molar-refractivity contribution < 1.29 is 0 Å². The first-order valence-corrected chi connectivity index (χ1v) is 6.60. The highest BCUT2D eigenvalue weighted by molar-refractivity contribution is 7.99. The molecule has 2 aromatic rings. The van der Waals surface area contributed by atoms with Crippen molar-refractivity contribution in [3.8, 4) is 0 Å². The topological polar surface area (TPSA) is 112 Å². The fourth-order valence-electron chi connectivity index (χ4n) is 1.49. The smallest absolute Gasteiger partial charge is 0.230 e. The van der Waals surface area contributed by atoms with E-state index in [0.717, 1.165) is 12.8 Å². The molecule has 100 valence electrons. The average Bonchev–Trinajstić information content (AvgIpc) is 3.10. The standard InChI is InChI=1S/C9H13N9S/c1-17(2)7-11-6(10)12-8(13-7)19-9-14-15-16-18(9)5-3-4-5/h5H,3-4H2,1-2H3,(H2,10,11,12,13). The molecule has 0 saturated heterocycles. The number of aromatic nitrogens is 7. The normalized spacial score (nSPS) is 14.6. The van der Waals surface area contributed by atoms with E-state index in [2.05, 4.69) is 30.5 Å². The molecule has 0 atom stereocenters. The Balaban J connectivity index is 1.88. The van der Waals surface area contributed by atoms with E-state index in [1.807, 2.05) is 14.1 Å². The van der Waals surface area contributed by atoms with E-state index in [1.165, 1.54) is 11.8 Å². The monoisotopic (exact) mass is 279 g/mol. The van der Waals surface area contributed by atoms with Gasteiger partial charge in [0.25, 0.3) is 0 Å². The molecule has 2 N–H and O–H groups in total. The third-order valence-electron chi connectivity index (χ3n) is 2.56. The summed E-state index contributed by atoms with van der Waals surface area (Å²) in [5.41, 5.74) is 5.68. The molecule has 1 aliphatic rings. The van der Waals surface area contributed by atoms with Crippen LogP contribution in [0.2, 0.25) is 0 Å². The SMILES string of the molecule is CN(C)c1nc(N)nc(Sc2nnnn2C2CC2)n1. The van der Waals surface area contributed by atoms with Crippen molar-refractivity contribution in [1.82, 2.24) is 35.2 Å². The lowest BCUT2D eigenvalue weighted by atomic mass is 10.7. The van der Waals surface area contributed by atoms with Crippen LogP contribution in [0.3, 0.4) is 0 Å². The second-order valence-corrected chi connectivity index (χ2v) is 5.34. The summed E-state index contributed by atoms with van der Waals surface area (Å²) in [7, 11) is 3.69. The summed E-state index contributed by atoms with van der Waals surface area (Å²) in [6.07, 6.45) is 2.22. The number of hydrogen-bond donors (Lipinski definition) is 1. The van der Waals surface area contributed by atoms with Gasteiger partial charge in [-0.25, -0.2) is 4.68 Å². The van der Waals surface area contributed by atoms with Crippen molar-refractivity contribution in [3.63, 3.8) is 0 Å². The number of anilines is 2. The van der Waals surface area contributed by atoms with Crippen molar-refractivity contribution in [2.45, 2.75) is 29.2 Å². The fourth-order valence-corrected chi connectivity index (χ4v) is 2.28. The highest BCUT2D eigenvalue weighted by Gasteiger charge is 2.28. The van der Waals surface area contributed by atoms with Crippen LogP contribution < -0.4 is 10.6 Å². The molecule has 1 aliphatic carbocycles. The van der Waals surface area contributed by atoms with Crippen LogP contribution in [0.4, 0.5) is 11.9 Å². The number of tetrazole rings is 1. The van der Waals surface area contributed by atoms with E-state index in [9.17, 15) is 0 Å². The molecule has 0 unspecified atom stereocenters. The number of nitrogens with two attached hydrogens (primary N) is 1. The van der Waals surface area contributed by atoms with Gasteiger partial charge in [-0.3, -0.25) is 0 Å². The lowest BCUT2D eigenvalue weighted by molar-refractivity contribution is 0.565. The van der Waals surface area contributed by atoms with Crippen LogP contribution in [0.1, 0.15) is 18.9 Å². The molecule has 9 nitrogen and oxygen atoms in total. The number of nitrogens with zero attached hydrogens (tertiary/aromatic N) is 8. The third-order valence-corrected chi connectivity index (χ3v) is 3.37. The van der Waals surface area contributed by atoms with Gasteiger partial charge < -0.3 is 10.6 Å². The maximum absolute atomic E-state index is 5.68. The second kappa shape index (κ2) is 4.61. The molecule has 0 spiro atoms. The van der Waals surface area contributed by atoms with Crippen LogP contribution >= 0.6 is 11.8 Å². The van der Waals surface area contributed by atoms with Gasteiger partial charge in [-0.1, -0.05) is 0 Å². The molecule has 3 rings (SSSR count). The zero-order valence-electron chi connectivity index (χ0n) is 10.6. The molecule has 1 fully saturated rings. The van der Waals surface area contributed by atoms with Gasteiger partial charge in [0, 0.05) is 14.1 Å². The molecule has 0 bridgehead atoms. The van der Waals surface area contributed by atoms with E-state index in [-0.39, 0.29) is 5.95 Å². The lowest BCUT2D eigenvalue weighted by Crippen LogP contribution is -2.15. The minimum atomic E-state index is 0.187.